The minimum absolute atomic E-state index is 0.165. The van der Waals surface area contributed by atoms with Crippen LogP contribution in [0, 0.1) is 24.0 Å². The first-order chi connectivity index (χ1) is 9.88. The van der Waals surface area contributed by atoms with Gasteiger partial charge in [0.15, 0.2) is 0 Å². The van der Waals surface area contributed by atoms with E-state index in [9.17, 15) is 15.2 Å². The molecule has 0 saturated carbocycles. The number of nitrogens with zero attached hydrogens (tertiary/aromatic N) is 2. The summed E-state index contributed by atoms with van der Waals surface area (Å²) < 4.78 is 0. The molecule has 5 nitrogen and oxygen atoms in total. The van der Waals surface area contributed by atoms with E-state index in [1.807, 2.05) is 13.0 Å². The van der Waals surface area contributed by atoms with Crippen LogP contribution in [0.5, 0.6) is 5.75 Å². The molecular weight excluding hydrogens is 292 g/mol. The molecule has 2 rings (SSSR count). The molecule has 0 aliphatic carbocycles. The Kier molecular flexibility index (Phi) is 4.23. The van der Waals surface area contributed by atoms with Gasteiger partial charge in [0.2, 0.25) is 0 Å². The van der Waals surface area contributed by atoms with E-state index in [1.54, 1.807) is 25.1 Å². The van der Waals surface area contributed by atoms with Gasteiger partial charge in [0.25, 0.3) is 5.69 Å². The van der Waals surface area contributed by atoms with Crippen LogP contribution in [0.4, 0.5) is 11.4 Å². The van der Waals surface area contributed by atoms with Crippen LogP contribution in [0.25, 0.3) is 0 Å². The third-order valence-corrected chi connectivity index (χ3v) is 3.19. The van der Waals surface area contributed by atoms with Crippen LogP contribution in [-0.4, -0.2) is 11.1 Å². The monoisotopic (exact) mass is 303 g/mol. The summed E-state index contributed by atoms with van der Waals surface area (Å²) in [6.07, 6.45) is 1.30. The Labute approximate surface area is 126 Å². The number of aryl methyl sites for hydroxylation is 2. The van der Waals surface area contributed by atoms with Crippen molar-refractivity contribution in [2.24, 2.45) is 4.99 Å². The van der Waals surface area contributed by atoms with Crippen LogP contribution in [0.1, 0.15) is 16.7 Å². The predicted octanol–water partition coefficient (Wildman–Crippen LogP) is 3.69. The number of aliphatic imine (C=N–C) groups is 1. The molecule has 0 fully saturated rings. The van der Waals surface area contributed by atoms with Crippen molar-refractivity contribution in [2.45, 2.75) is 13.8 Å². The maximum Gasteiger partial charge on any atom is 0.262 e. The van der Waals surface area contributed by atoms with Gasteiger partial charge in [-0.05, 0) is 48.4 Å². The fraction of sp³-hybridized carbons (Fsp3) is 0.133. The van der Waals surface area contributed by atoms with Gasteiger partial charge in [0.1, 0.15) is 0 Å². The highest BCUT2D eigenvalue weighted by molar-refractivity contribution is 6.33. The van der Waals surface area contributed by atoms with Crippen molar-refractivity contribution in [3.8, 4) is 5.75 Å². The second kappa shape index (κ2) is 5.93. The molecule has 0 heterocycles. The average Bonchev–Trinajstić information content (AvgIpc) is 2.40. The molecule has 0 radical (unpaired) electrons. The maximum absolute atomic E-state index is 12.0. The summed E-state index contributed by atoms with van der Waals surface area (Å²) in [6, 6.07) is 8.13. The van der Waals surface area contributed by atoms with Crippen LogP contribution < -0.4 is 5.11 Å². The van der Waals surface area contributed by atoms with E-state index in [-0.39, 0.29) is 5.56 Å². The molecule has 6 heteroatoms. The number of nitro benzene ring substituents is 1. The van der Waals surface area contributed by atoms with Crippen molar-refractivity contribution in [3.05, 3.63) is 62.2 Å². The van der Waals surface area contributed by atoms with E-state index in [0.717, 1.165) is 5.56 Å². The number of halogens is 1. The molecule has 0 amide bonds. The molecule has 0 aliphatic rings. The lowest BCUT2D eigenvalue weighted by molar-refractivity contribution is -0.398. The lowest BCUT2D eigenvalue weighted by Crippen LogP contribution is -2.02. The normalized spacial score (nSPS) is 11.0. The molecule has 2 aromatic carbocycles. The smallest absolute Gasteiger partial charge is 0.262 e. The third kappa shape index (κ3) is 3.38. The van der Waals surface area contributed by atoms with Crippen LogP contribution in [0.2, 0.25) is 5.02 Å². The first kappa shape index (κ1) is 15.0. The quantitative estimate of drug-likeness (QED) is 0.493. The van der Waals surface area contributed by atoms with E-state index in [2.05, 4.69) is 4.99 Å². The molecule has 0 bridgehead atoms. The SMILES string of the molecule is Cc1ccc(N=Cc2cc(C)cc([N+](=O)[O-])c2[O-])c(Cl)c1. The Morgan fingerprint density at radius 2 is 1.90 bits per heavy atom. The van der Waals surface area contributed by atoms with Gasteiger partial charge in [-0.1, -0.05) is 23.7 Å². The van der Waals surface area contributed by atoms with E-state index in [0.29, 0.717) is 16.3 Å². The number of nitro groups is 1. The second-order valence-corrected chi connectivity index (χ2v) is 5.08. The van der Waals surface area contributed by atoms with E-state index in [1.165, 1.54) is 12.3 Å². The summed E-state index contributed by atoms with van der Waals surface area (Å²) >= 11 is 6.05. The van der Waals surface area contributed by atoms with Gasteiger partial charge < -0.3 is 5.11 Å². The van der Waals surface area contributed by atoms with Gasteiger partial charge in [0.05, 0.1) is 15.6 Å². The van der Waals surface area contributed by atoms with E-state index < -0.39 is 16.4 Å². The van der Waals surface area contributed by atoms with Crippen LogP contribution in [-0.2, 0) is 0 Å². The number of hydrogen-bond donors (Lipinski definition) is 0. The first-order valence-corrected chi connectivity index (χ1v) is 6.52. The predicted molar refractivity (Wildman–Crippen MR) is 80.7 cm³/mol. The maximum atomic E-state index is 12.0. The van der Waals surface area contributed by atoms with Gasteiger partial charge >= 0.3 is 0 Å². The van der Waals surface area contributed by atoms with Crippen molar-refractivity contribution in [3.63, 3.8) is 0 Å². The lowest BCUT2D eigenvalue weighted by Gasteiger charge is -2.11. The topological polar surface area (TPSA) is 78.6 Å². The van der Waals surface area contributed by atoms with Crippen molar-refractivity contribution < 1.29 is 10.0 Å². The molecule has 108 valence electrons. The van der Waals surface area contributed by atoms with E-state index in [4.69, 9.17) is 11.6 Å². The number of benzene rings is 2. The molecule has 0 N–H and O–H groups in total. The summed E-state index contributed by atoms with van der Waals surface area (Å²) in [5.74, 6) is -0.655. The van der Waals surface area contributed by atoms with Gasteiger partial charge in [-0.15, -0.1) is 0 Å². The van der Waals surface area contributed by atoms with Crippen LogP contribution in [0.15, 0.2) is 35.3 Å². The van der Waals surface area contributed by atoms with E-state index >= 15 is 0 Å². The van der Waals surface area contributed by atoms with Crippen LogP contribution >= 0.6 is 11.6 Å². The second-order valence-electron chi connectivity index (χ2n) is 4.67. The molecule has 0 aliphatic heterocycles. The fourth-order valence-corrected chi connectivity index (χ4v) is 2.15. The summed E-state index contributed by atoms with van der Waals surface area (Å²) in [7, 11) is 0. The molecule has 21 heavy (non-hydrogen) atoms. The number of hydrogen-bond acceptors (Lipinski definition) is 4. The molecule has 0 saturated heterocycles. The summed E-state index contributed by atoms with van der Waals surface area (Å²) in [6.45, 7) is 3.58. The summed E-state index contributed by atoms with van der Waals surface area (Å²) in [5.41, 5.74) is 1.84. The zero-order chi connectivity index (χ0) is 15.6. The highest BCUT2D eigenvalue weighted by atomic mass is 35.5. The highest BCUT2D eigenvalue weighted by Gasteiger charge is 2.10. The highest BCUT2D eigenvalue weighted by Crippen LogP contribution is 2.29. The zero-order valence-electron chi connectivity index (χ0n) is 11.5. The Bertz CT molecular complexity index is 742. The minimum Gasteiger partial charge on any atom is -0.867 e. The lowest BCUT2D eigenvalue weighted by atomic mass is 10.1. The Morgan fingerprint density at radius 1 is 1.19 bits per heavy atom. The summed E-state index contributed by atoms with van der Waals surface area (Å²) in [4.78, 5) is 14.3. The van der Waals surface area contributed by atoms with Crippen molar-refractivity contribution in [2.75, 3.05) is 0 Å². The molecule has 0 unspecified atom stereocenters. The van der Waals surface area contributed by atoms with Crippen molar-refractivity contribution >= 4 is 29.2 Å². The largest absolute Gasteiger partial charge is 0.867 e. The Balaban J connectivity index is 2.43. The van der Waals surface area contributed by atoms with Gasteiger partial charge in [-0.25, -0.2) is 0 Å². The first-order valence-electron chi connectivity index (χ1n) is 6.15. The van der Waals surface area contributed by atoms with Gasteiger partial charge in [0, 0.05) is 12.3 Å². The standard InChI is InChI=1S/C15H13ClN2O3/c1-9-3-4-13(12(16)6-9)17-8-11-5-10(2)7-14(15(11)19)18(20)21/h3-8,19H,1-2H3/p-1. The third-order valence-electron chi connectivity index (χ3n) is 2.88. The Morgan fingerprint density at radius 3 is 2.52 bits per heavy atom. The number of rotatable bonds is 3. The fourth-order valence-electron chi connectivity index (χ4n) is 1.87. The molecule has 2 aromatic rings. The zero-order valence-corrected chi connectivity index (χ0v) is 12.2. The summed E-state index contributed by atoms with van der Waals surface area (Å²) in [5, 5.41) is 23.2. The molecular formula is C15H12ClN2O3-. The van der Waals surface area contributed by atoms with Crippen molar-refractivity contribution in [1.82, 2.24) is 0 Å². The minimum atomic E-state index is -0.689. The van der Waals surface area contributed by atoms with Crippen molar-refractivity contribution in [1.29, 1.82) is 0 Å². The van der Waals surface area contributed by atoms with Gasteiger partial charge in [-0.3, -0.25) is 15.1 Å². The molecule has 0 spiro atoms. The molecule has 0 atom stereocenters. The van der Waals surface area contributed by atoms with Gasteiger partial charge in [-0.2, -0.15) is 0 Å². The Hall–Kier alpha value is -2.40. The molecule has 0 aromatic heterocycles. The van der Waals surface area contributed by atoms with Crippen LogP contribution in [0.3, 0.4) is 0 Å². The average molecular weight is 304 g/mol.